The first-order valence-electron chi connectivity index (χ1n) is 10.1. The van der Waals surface area contributed by atoms with E-state index in [0.29, 0.717) is 23.8 Å². The molecule has 2 saturated carbocycles. The van der Waals surface area contributed by atoms with Crippen LogP contribution in [0, 0.1) is 0 Å². The molecule has 7 nitrogen and oxygen atoms in total. The third-order valence-electron chi connectivity index (χ3n) is 5.81. The van der Waals surface area contributed by atoms with Gasteiger partial charge in [-0.2, -0.15) is 4.98 Å². The molecule has 28 heavy (non-hydrogen) atoms. The highest BCUT2D eigenvalue weighted by Gasteiger charge is 2.28. The van der Waals surface area contributed by atoms with Gasteiger partial charge in [0.2, 0.25) is 11.8 Å². The standard InChI is InChI=1S/C21H25N5O2/c1-28-20-19-16(13-5-6-13)3-2-4-17(19)26(25-20)18-11-12-22-21(24-18)23-14-7-9-15(27)10-8-14/h2-4,11-15,27H,5-10H2,1H3,(H,22,23,24). The van der Waals surface area contributed by atoms with E-state index in [9.17, 15) is 5.11 Å². The van der Waals surface area contributed by atoms with Crippen LogP contribution in [-0.2, 0) is 0 Å². The molecule has 0 atom stereocenters. The lowest BCUT2D eigenvalue weighted by Crippen LogP contribution is -2.29. The van der Waals surface area contributed by atoms with E-state index in [0.717, 1.165) is 42.4 Å². The first kappa shape index (κ1) is 17.4. The van der Waals surface area contributed by atoms with Crippen molar-refractivity contribution in [3.63, 3.8) is 0 Å². The van der Waals surface area contributed by atoms with E-state index in [1.165, 1.54) is 18.4 Å². The molecule has 2 heterocycles. The van der Waals surface area contributed by atoms with E-state index in [1.807, 2.05) is 10.7 Å². The maximum Gasteiger partial charge on any atom is 0.241 e. The van der Waals surface area contributed by atoms with Gasteiger partial charge in [-0.1, -0.05) is 12.1 Å². The first-order valence-corrected chi connectivity index (χ1v) is 10.1. The number of hydrogen-bond acceptors (Lipinski definition) is 6. The van der Waals surface area contributed by atoms with Crippen LogP contribution in [0.3, 0.4) is 0 Å². The molecule has 3 aromatic rings. The number of aromatic nitrogens is 4. The molecule has 2 aromatic heterocycles. The zero-order valence-electron chi connectivity index (χ0n) is 16.0. The Bertz CT molecular complexity index is 990. The van der Waals surface area contributed by atoms with Gasteiger partial charge >= 0.3 is 0 Å². The zero-order valence-corrected chi connectivity index (χ0v) is 16.0. The second-order valence-electron chi connectivity index (χ2n) is 7.82. The van der Waals surface area contributed by atoms with Gasteiger partial charge in [-0.25, -0.2) is 9.67 Å². The van der Waals surface area contributed by atoms with E-state index in [4.69, 9.17) is 14.8 Å². The zero-order chi connectivity index (χ0) is 19.1. The molecule has 5 rings (SSSR count). The van der Waals surface area contributed by atoms with Crippen molar-refractivity contribution in [2.24, 2.45) is 0 Å². The first-order chi connectivity index (χ1) is 13.7. The lowest BCUT2D eigenvalue weighted by atomic mass is 9.93. The lowest BCUT2D eigenvalue weighted by molar-refractivity contribution is 0.126. The van der Waals surface area contributed by atoms with Gasteiger partial charge in [0.25, 0.3) is 0 Å². The average Bonchev–Trinajstić information content (AvgIpc) is 3.50. The third-order valence-corrected chi connectivity index (χ3v) is 5.81. The van der Waals surface area contributed by atoms with Crippen LogP contribution in [-0.4, -0.2) is 44.1 Å². The van der Waals surface area contributed by atoms with E-state index >= 15 is 0 Å². The second-order valence-corrected chi connectivity index (χ2v) is 7.82. The van der Waals surface area contributed by atoms with Gasteiger partial charge in [0.05, 0.1) is 24.1 Å². The van der Waals surface area contributed by atoms with Gasteiger partial charge in [0, 0.05) is 18.3 Å². The molecular weight excluding hydrogens is 354 g/mol. The Hall–Kier alpha value is -2.67. The van der Waals surface area contributed by atoms with Gasteiger partial charge in [-0.05, 0) is 56.1 Å². The van der Waals surface area contributed by atoms with E-state index in [-0.39, 0.29) is 6.10 Å². The summed E-state index contributed by atoms with van der Waals surface area (Å²) in [6, 6.07) is 8.49. The van der Waals surface area contributed by atoms with Gasteiger partial charge in [0.1, 0.15) is 0 Å². The molecule has 7 heteroatoms. The van der Waals surface area contributed by atoms with Crippen molar-refractivity contribution in [1.82, 2.24) is 19.7 Å². The number of hydrogen-bond donors (Lipinski definition) is 2. The highest BCUT2D eigenvalue weighted by Crippen LogP contribution is 2.45. The summed E-state index contributed by atoms with van der Waals surface area (Å²) in [6.07, 6.45) is 7.54. The van der Waals surface area contributed by atoms with Crippen molar-refractivity contribution in [3.8, 4) is 11.7 Å². The van der Waals surface area contributed by atoms with Crippen LogP contribution in [0.5, 0.6) is 5.88 Å². The lowest BCUT2D eigenvalue weighted by Gasteiger charge is -2.26. The summed E-state index contributed by atoms with van der Waals surface area (Å²) in [5.74, 6) is 2.57. The van der Waals surface area contributed by atoms with Gasteiger partial charge in [0.15, 0.2) is 5.82 Å². The monoisotopic (exact) mass is 379 g/mol. The minimum Gasteiger partial charge on any atom is -0.479 e. The molecule has 2 fully saturated rings. The van der Waals surface area contributed by atoms with Crippen LogP contribution in [0.15, 0.2) is 30.5 Å². The Morgan fingerprint density at radius 1 is 1.11 bits per heavy atom. The summed E-state index contributed by atoms with van der Waals surface area (Å²) in [5, 5.41) is 18.9. The van der Waals surface area contributed by atoms with Crippen LogP contribution in [0.1, 0.15) is 50.0 Å². The van der Waals surface area contributed by atoms with E-state index in [2.05, 4.69) is 28.5 Å². The van der Waals surface area contributed by atoms with Crippen molar-refractivity contribution in [2.45, 2.75) is 56.6 Å². The summed E-state index contributed by atoms with van der Waals surface area (Å²) in [7, 11) is 1.67. The highest BCUT2D eigenvalue weighted by atomic mass is 16.5. The molecule has 2 aliphatic carbocycles. The van der Waals surface area contributed by atoms with Crippen LogP contribution in [0.25, 0.3) is 16.7 Å². The van der Waals surface area contributed by atoms with Gasteiger partial charge in [-0.15, -0.1) is 5.10 Å². The number of ether oxygens (including phenoxy) is 1. The molecule has 0 radical (unpaired) electrons. The number of anilines is 1. The molecule has 2 aliphatic rings. The number of benzene rings is 1. The maximum absolute atomic E-state index is 9.70. The second kappa shape index (κ2) is 7.05. The molecule has 0 aliphatic heterocycles. The molecule has 146 valence electrons. The summed E-state index contributed by atoms with van der Waals surface area (Å²) in [5.41, 5.74) is 2.32. The minimum atomic E-state index is -0.172. The Balaban J connectivity index is 1.49. The number of nitrogens with zero attached hydrogens (tertiary/aromatic N) is 4. The summed E-state index contributed by atoms with van der Waals surface area (Å²) < 4.78 is 7.44. The Morgan fingerprint density at radius 3 is 2.68 bits per heavy atom. The van der Waals surface area contributed by atoms with Crippen LogP contribution in [0.2, 0.25) is 0 Å². The SMILES string of the molecule is COc1nn(-c2ccnc(NC3CCC(O)CC3)n2)c2cccc(C3CC3)c12. The summed E-state index contributed by atoms with van der Waals surface area (Å²) >= 11 is 0. The fraction of sp³-hybridized carbons (Fsp3) is 0.476. The number of nitrogens with one attached hydrogen (secondary N) is 1. The number of aliphatic hydroxyl groups is 1. The largest absolute Gasteiger partial charge is 0.479 e. The van der Waals surface area contributed by atoms with Crippen LogP contribution < -0.4 is 10.1 Å². The minimum absolute atomic E-state index is 0.172. The fourth-order valence-corrected chi connectivity index (χ4v) is 4.15. The van der Waals surface area contributed by atoms with Crippen LogP contribution >= 0.6 is 0 Å². The third kappa shape index (κ3) is 3.20. The Morgan fingerprint density at radius 2 is 1.93 bits per heavy atom. The smallest absolute Gasteiger partial charge is 0.241 e. The quantitative estimate of drug-likeness (QED) is 0.707. The molecule has 0 bridgehead atoms. The van der Waals surface area contributed by atoms with E-state index in [1.54, 1.807) is 13.3 Å². The number of methoxy groups -OCH3 is 1. The predicted octanol–water partition coefficient (Wildman–Crippen LogP) is 3.42. The fourth-order valence-electron chi connectivity index (χ4n) is 4.15. The highest BCUT2D eigenvalue weighted by molar-refractivity contribution is 5.90. The number of rotatable bonds is 5. The average molecular weight is 379 g/mol. The normalized spacial score (nSPS) is 22.4. The van der Waals surface area contributed by atoms with Crippen molar-refractivity contribution < 1.29 is 9.84 Å². The maximum atomic E-state index is 9.70. The molecule has 0 unspecified atom stereocenters. The molecule has 2 N–H and O–H groups in total. The van der Waals surface area contributed by atoms with Crippen molar-refractivity contribution in [2.75, 3.05) is 12.4 Å². The van der Waals surface area contributed by atoms with Crippen molar-refractivity contribution in [3.05, 3.63) is 36.0 Å². The molecule has 1 aromatic carbocycles. The molecule has 0 amide bonds. The predicted molar refractivity (Wildman–Crippen MR) is 107 cm³/mol. The summed E-state index contributed by atoms with van der Waals surface area (Å²) in [6.45, 7) is 0. The number of aliphatic hydroxyl groups excluding tert-OH is 1. The van der Waals surface area contributed by atoms with Crippen molar-refractivity contribution in [1.29, 1.82) is 0 Å². The van der Waals surface area contributed by atoms with Crippen molar-refractivity contribution >= 4 is 16.9 Å². The van der Waals surface area contributed by atoms with Gasteiger partial charge in [-0.3, -0.25) is 0 Å². The van der Waals surface area contributed by atoms with E-state index < -0.39 is 0 Å². The van der Waals surface area contributed by atoms with Crippen LogP contribution in [0.4, 0.5) is 5.95 Å². The number of fused-ring (bicyclic) bond motifs is 1. The Kier molecular flexibility index (Phi) is 4.39. The van der Waals surface area contributed by atoms with Gasteiger partial charge < -0.3 is 15.2 Å². The molecule has 0 spiro atoms. The Labute approximate surface area is 163 Å². The topological polar surface area (TPSA) is 85.1 Å². The molecular formula is C21H25N5O2. The molecule has 0 saturated heterocycles. The summed E-state index contributed by atoms with van der Waals surface area (Å²) in [4.78, 5) is 9.09.